The minimum atomic E-state index is -0.547. The van der Waals surface area contributed by atoms with Gasteiger partial charge in [-0.3, -0.25) is 4.79 Å². The minimum absolute atomic E-state index is 0.0243. The molecule has 1 heterocycles. The Labute approximate surface area is 171 Å². The molecule has 1 aliphatic heterocycles. The average molecular weight is 393 g/mol. The molecule has 1 aliphatic rings. The lowest BCUT2D eigenvalue weighted by atomic mass is 9.86. The molecule has 0 aromatic heterocycles. The molecule has 0 saturated carbocycles. The fourth-order valence-corrected chi connectivity index (χ4v) is 4.45. The van der Waals surface area contributed by atoms with Crippen LogP contribution in [-0.4, -0.2) is 29.9 Å². The maximum Gasteiger partial charge on any atom is 0.239 e. The van der Waals surface area contributed by atoms with Gasteiger partial charge in [-0.2, -0.15) is 0 Å². The van der Waals surface area contributed by atoms with Gasteiger partial charge in [0.15, 0.2) is 0 Å². The highest BCUT2D eigenvalue weighted by Crippen LogP contribution is 2.33. The summed E-state index contributed by atoms with van der Waals surface area (Å²) in [5.41, 5.74) is 8.54. The van der Waals surface area contributed by atoms with Crippen molar-refractivity contribution < 1.29 is 4.79 Å². The molecule has 3 aromatic rings. The molecule has 1 fully saturated rings. The maximum atomic E-state index is 12.8. The predicted molar refractivity (Wildman–Crippen MR) is 116 cm³/mol. The van der Waals surface area contributed by atoms with E-state index in [0.29, 0.717) is 17.4 Å². The summed E-state index contributed by atoms with van der Waals surface area (Å²) in [6.07, 6.45) is 2.42. The Morgan fingerprint density at radius 2 is 1.68 bits per heavy atom. The molecular weight excluding hydrogens is 368 g/mol. The molecule has 0 aliphatic carbocycles. The van der Waals surface area contributed by atoms with Gasteiger partial charge in [-0.15, -0.1) is 0 Å². The molecule has 1 atom stereocenters. The topological polar surface area (TPSA) is 46.3 Å². The zero-order chi connectivity index (χ0) is 19.5. The van der Waals surface area contributed by atoms with Crippen LogP contribution in [0.5, 0.6) is 0 Å². The fourth-order valence-electron chi connectivity index (χ4n) is 4.24. The first kappa shape index (κ1) is 19.0. The van der Waals surface area contributed by atoms with Gasteiger partial charge < -0.3 is 10.6 Å². The van der Waals surface area contributed by atoms with Crippen molar-refractivity contribution in [2.24, 2.45) is 5.73 Å². The third-order valence-electron chi connectivity index (χ3n) is 5.78. The molecule has 0 spiro atoms. The van der Waals surface area contributed by atoms with Gasteiger partial charge >= 0.3 is 0 Å². The first-order chi connectivity index (χ1) is 13.6. The van der Waals surface area contributed by atoms with Crippen LogP contribution in [0.3, 0.4) is 0 Å². The number of nitrogens with zero attached hydrogens (tertiary/aromatic N) is 1. The third-order valence-corrected chi connectivity index (χ3v) is 6.15. The van der Waals surface area contributed by atoms with E-state index in [1.807, 2.05) is 29.2 Å². The van der Waals surface area contributed by atoms with E-state index in [0.717, 1.165) is 31.5 Å². The number of hydrogen-bond donors (Lipinski definition) is 1. The molecule has 28 heavy (non-hydrogen) atoms. The van der Waals surface area contributed by atoms with E-state index in [1.165, 1.54) is 16.3 Å². The van der Waals surface area contributed by atoms with E-state index in [-0.39, 0.29) is 5.91 Å². The van der Waals surface area contributed by atoms with Crippen molar-refractivity contribution in [1.29, 1.82) is 0 Å². The van der Waals surface area contributed by atoms with Crippen molar-refractivity contribution in [3.63, 3.8) is 0 Å². The van der Waals surface area contributed by atoms with E-state index in [1.54, 1.807) is 0 Å². The number of carbonyl (C=O) groups is 1. The number of halogens is 1. The largest absolute Gasteiger partial charge is 0.341 e. The number of benzene rings is 3. The number of hydrogen-bond acceptors (Lipinski definition) is 2. The van der Waals surface area contributed by atoms with Crippen LogP contribution < -0.4 is 5.73 Å². The fraction of sp³-hybridized carbons (Fsp3) is 0.292. The van der Waals surface area contributed by atoms with Gasteiger partial charge in [-0.05, 0) is 53.1 Å². The quantitative estimate of drug-likeness (QED) is 0.695. The number of nitrogens with two attached hydrogens (primary N) is 1. The Morgan fingerprint density at radius 1 is 1.00 bits per heavy atom. The van der Waals surface area contributed by atoms with Gasteiger partial charge in [-0.1, -0.05) is 72.3 Å². The molecule has 0 radical (unpaired) electrons. The lowest BCUT2D eigenvalue weighted by Gasteiger charge is -2.34. The van der Waals surface area contributed by atoms with Crippen molar-refractivity contribution in [2.75, 3.05) is 13.1 Å². The zero-order valence-corrected chi connectivity index (χ0v) is 16.6. The monoisotopic (exact) mass is 392 g/mol. The molecule has 1 saturated heterocycles. The Bertz CT molecular complexity index is 974. The van der Waals surface area contributed by atoms with Gasteiger partial charge in [0, 0.05) is 18.1 Å². The second-order valence-corrected chi connectivity index (χ2v) is 7.98. The molecule has 3 nitrogen and oxygen atoms in total. The van der Waals surface area contributed by atoms with Gasteiger partial charge in [0.2, 0.25) is 5.91 Å². The van der Waals surface area contributed by atoms with Crippen LogP contribution in [0.25, 0.3) is 10.8 Å². The van der Waals surface area contributed by atoms with Crippen LogP contribution in [-0.2, 0) is 11.2 Å². The highest BCUT2D eigenvalue weighted by molar-refractivity contribution is 6.31. The third kappa shape index (κ3) is 3.91. The minimum Gasteiger partial charge on any atom is -0.341 e. The average Bonchev–Trinajstić information content (AvgIpc) is 2.74. The smallest absolute Gasteiger partial charge is 0.239 e. The summed E-state index contributed by atoms with van der Waals surface area (Å²) in [5, 5.41) is 3.27. The predicted octanol–water partition coefficient (Wildman–Crippen LogP) is 4.77. The summed E-state index contributed by atoms with van der Waals surface area (Å²) in [6.45, 7) is 1.51. The van der Waals surface area contributed by atoms with E-state index < -0.39 is 6.04 Å². The van der Waals surface area contributed by atoms with Crippen molar-refractivity contribution >= 4 is 28.3 Å². The summed E-state index contributed by atoms with van der Waals surface area (Å²) in [5.74, 6) is 0.506. The molecule has 0 bridgehead atoms. The molecule has 1 amide bonds. The molecule has 4 rings (SSSR count). The number of rotatable bonds is 4. The molecule has 4 heteroatoms. The SMILES string of the molecule is NC(Cc1ccccc1Cl)C(=O)N1CCC(c2cccc3ccccc23)CC1. The zero-order valence-electron chi connectivity index (χ0n) is 15.9. The first-order valence-electron chi connectivity index (χ1n) is 9.89. The highest BCUT2D eigenvalue weighted by Gasteiger charge is 2.28. The number of likely N-dealkylation sites (tertiary alicyclic amines) is 1. The van der Waals surface area contributed by atoms with E-state index in [4.69, 9.17) is 17.3 Å². The van der Waals surface area contributed by atoms with Crippen LogP contribution in [0, 0.1) is 0 Å². The summed E-state index contributed by atoms with van der Waals surface area (Å²) >= 11 is 6.21. The summed E-state index contributed by atoms with van der Waals surface area (Å²) in [7, 11) is 0. The number of carbonyl (C=O) groups excluding carboxylic acids is 1. The maximum absolute atomic E-state index is 12.8. The molecule has 144 valence electrons. The second kappa shape index (κ2) is 8.34. The van der Waals surface area contributed by atoms with Crippen LogP contribution in [0.4, 0.5) is 0 Å². The lowest BCUT2D eigenvalue weighted by molar-refractivity contribution is -0.133. The highest BCUT2D eigenvalue weighted by atomic mass is 35.5. The Hall–Kier alpha value is -2.36. The van der Waals surface area contributed by atoms with Gasteiger partial charge in [-0.25, -0.2) is 0 Å². The summed E-state index contributed by atoms with van der Waals surface area (Å²) in [4.78, 5) is 14.7. The molecule has 2 N–H and O–H groups in total. The van der Waals surface area contributed by atoms with E-state index >= 15 is 0 Å². The van der Waals surface area contributed by atoms with Gasteiger partial charge in [0.1, 0.15) is 0 Å². The summed E-state index contributed by atoms with van der Waals surface area (Å²) < 4.78 is 0. The van der Waals surface area contributed by atoms with Crippen LogP contribution in [0.15, 0.2) is 66.7 Å². The second-order valence-electron chi connectivity index (χ2n) is 7.57. The molecule has 3 aromatic carbocycles. The van der Waals surface area contributed by atoms with Crippen LogP contribution >= 0.6 is 11.6 Å². The van der Waals surface area contributed by atoms with Crippen molar-refractivity contribution in [2.45, 2.75) is 31.2 Å². The Kier molecular flexibility index (Phi) is 5.65. The standard InChI is InChI=1S/C24H25ClN2O/c25-22-11-4-2-7-19(22)16-23(26)24(28)27-14-12-18(13-15-27)21-10-5-8-17-6-1-3-9-20(17)21/h1-11,18,23H,12-16,26H2. The van der Waals surface area contributed by atoms with E-state index in [9.17, 15) is 4.79 Å². The van der Waals surface area contributed by atoms with Crippen LogP contribution in [0.1, 0.15) is 29.9 Å². The number of amides is 1. The van der Waals surface area contributed by atoms with Crippen LogP contribution in [0.2, 0.25) is 5.02 Å². The van der Waals surface area contributed by atoms with Gasteiger partial charge in [0.25, 0.3) is 0 Å². The first-order valence-corrected chi connectivity index (χ1v) is 10.3. The van der Waals surface area contributed by atoms with E-state index in [2.05, 4.69) is 42.5 Å². The number of piperidine rings is 1. The number of fused-ring (bicyclic) bond motifs is 1. The Morgan fingerprint density at radius 3 is 2.46 bits per heavy atom. The molecular formula is C24H25ClN2O. The van der Waals surface area contributed by atoms with Gasteiger partial charge in [0.05, 0.1) is 6.04 Å². The van der Waals surface area contributed by atoms with Crippen molar-refractivity contribution in [3.8, 4) is 0 Å². The summed E-state index contributed by atoms with van der Waals surface area (Å²) in [6, 6.07) is 22.1. The Balaban J connectivity index is 1.41. The molecule has 1 unspecified atom stereocenters. The lowest BCUT2D eigenvalue weighted by Crippen LogP contribution is -2.47. The van der Waals surface area contributed by atoms with Crippen molar-refractivity contribution in [3.05, 3.63) is 82.9 Å². The van der Waals surface area contributed by atoms with Crippen molar-refractivity contribution in [1.82, 2.24) is 4.90 Å². The normalized spacial score (nSPS) is 16.3.